The third-order valence-electron chi connectivity index (χ3n) is 3.13. The monoisotopic (exact) mass is 292 g/mol. The molecule has 0 heterocycles. The highest BCUT2D eigenvalue weighted by molar-refractivity contribution is 6.32. The van der Waals surface area contributed by atoms with Crippen LogP contribution in [0.4, 0.5) is 5.69 Å². The number of terminal acetylenes is 1. The van der Waals surface area contributed by atoms with Gasteiger partial charge in [-0.05, 0) is 30.9 Å². The van der Waals surface area contributed by atoms with E-state index in [9.17, 15) is 14.9 Å². The molecule has 0 radical (unpaired) electrons. The number of nitro groups is 1. The van der Waals surface area contributed by atoms with Crippen LogP contribution in [0, 0.1) is 28.4 Å². The molecule has 6 heteroatoms. The lowest BCUT2D eigenvalue weighted by Gasteiger charge is -2.20. The Morgan fingerprint density at radius 1 is 1.55 bits per heavy atom. The zero-order valence-corrected chi connectivity index (χ0v) is 11.5. The van der Waals surface area contributed by atoms with Gasteiger partial charge in [-0.15, -0.1) is 6.42 Å². The van der Waals surface area contributed by atoms with Gasteiger partial charge in [0.15, 0.2) is 0 Å². The number of rotatable bonds is 5. The molecule has 1 fully saturated rings. The molecule has 5 nitrogen and oxygen atoms in total. The summed E-state index contributed by atoms with van der Waals surface area (Å²) in [6, 6.07) is 4.03. The lowest BCUT2D eigenvalue weighted by Crippen LogP contribution is -2.33. The van der Waals surface area contributed by atoms with Crippen LogP contribution < -0.4 is 0 Å². The third kappa shape index (κ3) is 3.28. The fourth-order valence-electron chi connectivity index (χ4n) is 1.91. The Morgan fingerprint density at radius 3 is 2.80 bits per heavy atom. The Hall–Kier alpha value is -2.06. The van der Waals surface area contributed by atoms with E-state index in [1.54, 1.807) is 4.90 Å². The Kier molecular flexibility index (Phi) is 4.26. The van der Waals surface area contributed by atoms with Crippen molar-refractivity contribution in [2.45, 2.75) is 12.8 Å². The molecule has 0 aromatic heterocycles. The summed E-state index contributed by atoms with van der Waals surface area (Å²) in [7, 11) is 0. The number of hydrogen-bond donors (Lipinski definition) is 0. The molecule has 0 unspecified atom stereocenters. The summed E-state index contributed by atoms with van der Waals surface area (Å²) in [5.74, 6) is 2.64. The van der Waals surface area contributed by atoms with Crippen LogP contribution in [-0.2, 0) is 0 Å². The lowest BCUT2D eigenvalue weighted by atomic mass is 10.1. The minimum atomic E-state index is -0.606. The van der Waals surface area contributed by atoms with Crippen LogP contribution in [0.3, 0.4) is 0 Å². The molecule has 0 saturated heterocycles. The van der Waals surface area contributed by atoms with Crippen LogP contribution in [0.15, 0.2) is 18.2 Å². The van der Waals surface area contributed by atoms with Crippen molar-refractivity contribution in [3.05, 3.63) is 38.9 Å². The summed E-state index contributed by atoms with van der Waals surface area (Å²) >= 11 is 5.73. The first-order chi connectivity index (χ1) is 9.52. The van der Waals surface area contributed by atoms with Gasteiger partial charge in [0.25, 0.3) is 11.6 Å². The Bertz CT molecular complexity index is 591. The topological polar surface area (TPSA) is 63.5 Å². The van der Waals surface area contributed by atoms with Gasteiger partial charge >= 0.3 is 0 Å². The van der Waals surface area contributed by atoms with E-state index in [0.29, 0.717) is 12.5 Å². The Labute approximate surface area is 121 Å². The number of carbonyl (C=O) groups excluding carboxylic acids is 1. The van der Waals surface area contributed by atoms with Gasteiger partial charge in [0.1, 0.15) is 5.02 Å². The molecule has 1 aromatic carbocycles. The average Bonchev–Trinajstić information content (AvgIpc) is 3.21. The van der Waals surface area contributed by atoms with E-state index < -0.39 is 4.92 Å². The van der Waals surface area contributed by atoms with Crippen LogP contribution >= 0.6 is 11.6 Å². The number of benzene rings is 1. The van der Waals surface area contributed by atoms with Gasteiger partial charge in [-0.2, -0.15) is 0 Å². The van der Waals surface area contributed by atoms with Crippen molar-refractivity contribution in [3.8, 4) is 12.3 Å². The molecule has 1 aromatic rings. The van der Waals surface area contributed by atoms with E-state index in [1.807, 2.05) is 0 Å². The highest BCUT2D eigenvalue weighted by Crippen LogP contribution is 2.31. The van der Waals surface area contributed by atoms with Crippen LogP contribution in [0.25, 0.3) is 0 Å². The van der Waals surface area contributed by atoms with Gasteiger partial charge in [0.05, 0.1) is 11.5 Å². The Balaban J connectivity index is 2.24. The maximum Gasteiger partial charge on any atom is 0.288 e. The molecule has 1 aliphatic carbocycles. The summed E-state index contributed by atoms with van der Waals surface area (Å²) in [6.45, 7) is 0.797. The molecule has 0 aliphatic heterocycles. The highest BCUT2D eigenvalue weighted by Gasteiger charge is 2.27. The molecule has 0 spiro atoms. The van der Waals surface area contributed by atoms with Gasteiger partial charge in [-0.3, -0.25) is 14.9 Å². The fraction of sp³-hybridized carbons (Fsp3) is 0.357. The minimum absolute atomic E-state index is 0.0113. The summed E-state index contributed by atoms with van der Waals surface area (Å²) in [6.07, 6.45) is 7.46. The predicted molar refractivity (Wildman–Crippen MR) is 75.6 cm³/mol. The number of nitrogens with zero attached hydrogens (tertiary/aromatic N) is 2. The molecule has 2 rings (SSSR count). The average molecular weight is 293 g/mol. The molecule has 0 atom stereocenters. The summed E-state index contributed by atoms with van der Waals surface area (Å²) < 4.78 is 0. The van der Waals surface area contributed by atoms with Crippen molar-refractivity contribution in [1.29, 1.82) is 0 Å². The smallest absolute Gasteiger partial charge is 0.288 e. The number of carbonyl (C=O) groups is 1. The van der Waals surface area contributed by atoms with Gasteiger partial charge in [0, 0.05) is 18.2 Å². The largest absolute Gasteiger partial charge is 0.327 e. The van der Waals surface area contributed by atoms with Gasteiger partial charge in [0.2, 0.25) is 0 Å². The zero-order valence-electron chi connectivity index (χ0n) is 10.7. The zero-order chi connectivity index (χ0) is 14.7. The van der Waals surface area contributed by atoms with E-state index in [4.69, 9.17) is 18.0 Å². The van der Waals surface area contributed by atoms with Crippen molar-refractivity contribution in [2.75, 3.05) is 13.1 Å². The SMILES string of the molecule is C#CCN(CC1CC1)C(=O)c1ccc(Cl)c([N+](=O)[O-])c1. The van der Waals surface area contributed by atoms with Crippen molar-refractivity contribution >= 4 is 23.2 Å². The highest BCUT2D eigenvalue weighted by atomic mass is 35.5. The standard InChI is InChI=1S/C14H13ClN2O3/c1-2-7-16(9-10-3-4-10)14(18)11-5-6-12(15)13(8-11)17(19)20/h1,5-6,8,10H,3-4,7,9H2. The number of nitro benzene ring substituents is 1. The molecule has 104 valence electrons. The van der Waals surface area contributed by atoms with Crippen LogP contribution in [0.1, 0.15) is 23.2 Å². The van der Waals surface area contributed by atoms with Crippen molar-refractivity contribution in [1.82, 2.24) is 4.90 Å². The minimum Gasteiger partial charge on any atom is -0.327 e. The second-order valence-electron chi connectivity index (χ2n) is 4.76. The molecular weight excluding hydrogens is 280 g/mol. The first kappa shape index (κ1) is 14.4. The van der Waals surface area contributed by atoms with E-state index in [2.05, 4.69) is 5.92 Å². The summed E-state index contributed by atoms with van der Waals surface area (Å²) in [4.78, 5) is 24.1. The van der Waals surface area contributed by atoms with E-state index in [-0.39, 0.29) is 28.7 Å². The van der Waals surface area contributed by atoms with E-state index >= 15 is 0 Å². The maximum absolute atomic E-state index is 12.3. The first-order valence-corrected chi connectivity index (χ1v) is 6.57. The maximum atomic E-state index is 12.3. The molecule has 1 amide bonds. The molecule has 0 bridgehead atoms. The van der Waals surface area contributed by atoms with Crippen LogP contribution in [-0.4, -0.2) is 28.8 Å². The molecule has 20 heavy (non-hydrogen) atoms. The van der Waals surface area contributed by atoms with Gasteiger partial charge in [-0.25, -0.2) is 0 Å². The Morgan fingerprint density at radius 2 is 2.25 bits per heavy atom. The van der Waals surface area contributed by atoms with Gasteiger partial charge < -0.3 is 4.90 Å². The van der Waals surface area contributed by atoms with Crippen molar-refractivity contribution in [2.24, 2.45) is 5.92 Å². The normalized spacial score (nSPS) is 13.6. The quantitative estimate of drug-likeness (QED) is 0.476. The second-order valence-corrected chi connectivity index (χ2v) is 5.16. The number of halogens is 1. The van der Waals surface area contributed by atoms with Crippen LogP contribution in [0.2, 0.25) is 5.02 Å². The first-order valence-electron chi connectivity index (χ1n) is 6.19. The fourth-order valence-corrected chi connectivity index (χ4v) is 2.10. The summed E-state index contributed by atoms with van der Waals surface area (Å²) in [5.41, 5.74) is -0.0402. The van der Waals surface area contributed by atoms with E-state index in [1.165, 1.54) is 18.2 Å². The second kappa shape index (κ2) is 5.93. The lowest BCUT2D eigenvalue weighted by molar-refractivity contribution is -0.384. The molecule has 1 aliphatic rings. The number of amides is 1. The third-order valence-corrected chi connectivity index (χ3v) is 3.45. The molecule has 0 N–H and O–H groups in total. The summed E-state index contributed by atoms with van der Waals surface area (Å²) in [5, 5.41) is 10.9. The predicted octanol–water partition coefficient (Wildman–Crippen LogP) is 2.73. The molecular formula is C14H13ClN2O3. The van der Waals surface area contributed by atoms with Crippen LogP contribution in [0.5, 0.6) is 0 Å². The van der Waals surface area contributed by atoms with Gasteiger partial charge in [-0.1, -0.05) is 17.5 Å². The molecule has 1 saturated carbocycles. The van der Waals surface area contributed by atoms with E-state index in [0.717, 1.165) is 12.8 Å². The van der Waals surface area contributed by atoms with Crippen molar-refractivity contribution < 1.29 is 9.72 Å². The number of hydrogen-bond acceptors (Lipinski definition) is 3. The van der Waals surface area contributed by atoms with Crippen molar-refractivity contribution in [3.63, 3.8) is 0 Å².